The SMILES string of the molecule is Cc1cc(Cl)ccc1OCC(=O)N[C@@H](C)CCc1ccccc1. The van der Waals surface area contributed by atoms with Crippen LogP contribution in [0, 0.1) is 6.92 Å². The molecule has 0 fully saturated rings. The van der Waals surface area contributed by atoms with Gasteiger partial charge in [-0.15, -0.1) is 0 Å². The zero-order chi connectivity index (χ0) is 16.7. The average molecular weight is 332 g/mol. The number of rotatable bonds is 7. The Balaban J connectivity index is 1.73. The van der Waals surface area contributed by atoms with E-state index in [4.69, 9.17) is 16.3 Å². The van der Waals surface area contributed by atoms with Crippen LogP contribution in [0.5, 0.6) is 5.75 Å². The fourth-order valence-electron chi connectivity index (χ4n) is 2.33. The molecular formula is C19H22ClNO2. The zero-order valence-corrected chi connectivity index (χ0v) is 14.3. The van der Waals surface area contributed by atoms with Gasteiger partial charge in [0, 0.05) is 11.1 Å². The second-order valence-corrected chi connectivity index (χ2v) is 6.13. The fraction of sp³-hybridized carbons (Fsp3) is 0.316. The lowest BCUT2D eigenvalue weighted by molar-refractivity contribution is -0.123. The molecule has 0 aromatic heterocycles. The number of carbonyl (C=O) groups excluding carboxylic acids is 1. The predicted molar refractivity (Wildman–Crippen MR) is 94.1 cm³/mol. The molecule has 0 saturated heterocycles. The van der Waals surface area contributed by atoms with Crippen LogP contribution in [0.15, 0.2) is 48.5 Å². The van der Waals surface area contributed by atoms with Gasteiger partial charge in [0.2, 0.25) is 0 Å². The zero-order valence-electron chi connectivity index (χ0n) is 13.5. The van der Waals surface area contributed by atoms with Crippen LogP contribution in [0.1, 0.15) is 24.5 Å². The highest BCUT2D eigenvalue weighted by atomic mass is 35.5. The molecule has 23 heavy (non-hydrogen) atoms. The number of ether oxygens (including phenoxy) is 1. The Morgan fingerprint density at radius 2 is 1.96 bits per heavy atom. The number of aryl methyl sites for hydroxylation is 2. The third kappa shape index (κ3) is 5.95. The number of amides is 1. The highest BCUT2D eigenvalue weighted by Gasteiger charge is 2.09. The first-order chi connectivity index (χ1) is 11.0. The minimum Gasteiger partial charge on any atom is -0.484 e. The van der Waals surface area contributed by atoms with E-state index in [1.165, 1.54) is 5.56 Å². The summed E-state index contributed by atoms with van der Waals surface area (Å²) >= 11 is 5.90. The van der Waals surface area contributed by atoms with Crippen LogP contribution in [-0.4, -0.2) is 18.6 Å². The Kier molecular flexibility index (Phi) is 6.48. The molecule has 0 aliphatic heterocycles. The molecule has 0 aliphatic carbocycles. The van der Waals surface area contributed by atoms with Crippen LogP contribution < -0.4 is 10.1 Å². The number of halogens is 1. The van der Waals surface area contributed by atoms with E-state index in [9.17, 15) is 4.79 Å². The molecule has 1 amide bonds. The minimum atomic E-state index is -0.111. The molecule has 122 valence electrons. The van der Waals surface area contributed by atoms with Crippen molar-refractivity contribution < 1.29 is 9.53 Å². The minimum absolute atomic E-state index is 0.0121. The van der Waals surface area contributed by atoms with E-state index in [0.29, 0.717) is 10.8 Å². The maximum Gasteiger partial charge on any atom is 0.258 e. The molecule has 0 spiro atoms. The summed E-state index contributed by atoms with van der Waals surface area (Å²) in [5, 5.41) is 3.62. The van der Waals surface area contributed by atoms with E-state index in [1.54, 1.807) is 12.1 Å². The van der Waals surface area contributed by atoms with Crippen LogP contribution in [0.4, 0.5) is 0 Å². The fourth-order valence-corrected chi connectivity index (χ4v) is 2.56. The summed E-state index contributed by atoms with van der Waals surface area (Å²) in [6.07, 6.45) is 1.84. The third-order valence-electron chi connectivity index (χ3n) is 3.61. The molecule has 0 aliphatic rings. The monoisotopic (exact) mass is 331 g/mol. The average Bonchev–Trinajstić information content (AvgIpc) is 2.53. The highest BCUT2D eigenvalue weighted by Crippen LogP contribution is 2.21. The van der Waals surface area contributed by atoms with Gasteiger partial charge in [-0.2, -0.15) is 0 Å². The number of hydrogen-bond acceptors (Lipinski definition) is 2. The Hall–Kier alpha value is -2.00. The number of carbonyl (C=O) groups is 1. The first-order valence-electron chi connectivity index (χ1n) is 7.77. The Morgan fingerprint density at radius 1 is 1.22 bits per heavy atom. The van der Waals surface area contributed by atoms with Gasteiger partial charge in [-0.1, -0.05) is 41.9 Å². The van der Waals surface area contributed by atoms with Gasteiger partial charge in [-0.05, 0) is 56.0 Å². The van der Waals surface area contributed by atoms with Crippen molar-refractivity contribution in [1.29, 1.82) is 0 Å². The summed E-state index contributed by atoms with van der Waals surface area (Å²) in [7, 11) is 0. The summed E-state index contributed by atoms with van der Waals surface area (Å²) < 4.78 is 5.55. The lowest BCUT2D eigenvalue weighted by Gasteiger charge is -2.15. The maximum atomic E-state index is 12.0. The Labute approximate surface area is 142 Å². The van der Waals surface area contributed by atoms with Gasteiger partial charge in [0.25, 0.3) is 5.91 Å². The van der Waals surface area contributed by atoms with Gasteiger partial charge in [0.15, 0.2) is 6.61 Å². The standard InChI is InChI=1S/C19H22ClNO2/c1-14-12-17(20)10-11-18(14)23-13-19(22)21-15(2)8-9-16-6-4-3-5-7-16/h3-7,10-12,15H,8-9,13H2,1-2H3,(H,21,22)/t15-/m0/s1. The molecule has 2 rings (SSSR count). The number of hydrogen-bond donors (Lipinski definition) is 1. The van der Waals surface area contributed by atoms with Crippen LogP contribution >= 0.6 is 11.6 Å². The first kappa shape index (κ1) is 17.4. The molecule has 0 saturated carbocycles. The Morgan fingerprint density at radius 3 is 2.65 bits per heavy atom. The van der Waals surface area contributed by atoms with E-state index in [1.807, 2.05) is 38.1 Å². The van der Waals surface area contributed by atoms with Crippen molar-refractivity contribution in [2.24, 2.45) is 0 Å². The van der Waals surface area contributed by atoms with Crippen LogP contribution in [0.25, 0.3) is 0 Å². The second-order valence-electron chi connectivity index (χ2n) is 5.69. The van der Waals surface area contributed by atoms with Gasteiger partial charge in [-0.3, -0.25) is 4.79 Å². The van der Waals surface area contributed by atoms with E-state index in [-0.39, 0.29) is 18.6 Å². The van der Waals surface area contributed by atoms with E-state index in [0.717, 1.165) is 18.4 Å². The van der Waals surface area contributed by atoms with E-state index >= 15 is 0 Å². The van der Waals surface area contributed by atoms with E-state index in [2.05, 4.69) is 17.4 Å². The van der Waals surface area contributed by atoms with Crippen LogP contribution in [-0.2, 0) is 11.2 Å². The Bertz CT molecular complexity index is 643. The number of nitrogens with one attached hydrogen (secondary N) is 1. The quantitative estimate of drug-likeness (QED) is 0.827. The number of benzene rings is 2. The molecule has 1 N–H and O–H groups in total. The lowest BCUT2D eigenvalue weighted by atomic mass is 10.1. The van der Waals surface area contributed by atoms with Crippen molar-refractivity contribution >= 4 is 17.5 Å². The molecule has 2 aromatic rings. The van der Waals surface area contributed by atoms with Crippen LogP contribution in [0.3, 0.4) is 0 Å². The lowest BCUT2D eigenvalue weighted by Crippen LogP contribution is -2.36. The van der Waals surface area contributed by atoms with E-state index < -0.39 is 0 Å². The van der Waals surface area contributed by atoms with Gasteiger partial charge in [0.1, 0.15) is 5.75 Å². The van der Waals surface area contributed by atoms with Gasteiger partial charge in [-0.25, -0.2) is 0 Å². The molecule has 2 aromatic carbocycles. The molecule has 0 radical (unpaired) electrons. The van der Waals surface area contributed by atoms with Crippen molar-refractivity contribution in [2.75, 3.05) is 6.61 Å². The highest BCUT2D eigenvalue weighted by molar-refractivity contribution is 6.30. The van der Waals surface area contributed by atoms with Crippen LogP contribution in [0.2, 0.25) is 5.02 Å². The molecular weight excluding hydrogens is 310 g/mol. The first-order valence-corrected chi connectivity index (χ1v) is 8.14. The van der Waals surface area contributed by atoms with Crippen molar-refractivity contribution in [1.82, 2.24) is 5.32 Å². The van der Waals surface area contributed by atoms with Gasteiger partial charge in [0.05, 0.1) is 0 Å². The molecule has 0 bridgehead atoms. The molecule has 4 heteroatoms. The molecule has 1 atom stereocenters. The molecule has 3 nitrogen and oxygen atoms in total. The largest absolute Gasteiger partial charge is 0.484 e. The smallest absolute Gasteiger partial charge is 0.258 e. The predicted octanol–water partition coefficient (Wildman–Crippen LogP) is 4.16. The summed E-state index contributed by atoms with van der Waals surface area (Å²) in [6.45, 7) is 3.92. The topological polar surface area (TPSA) is 38.3 Å². The van der Waals surface area contributed by atoms with Gasteiger partial charge < -0.3 is 10.1 Å². The third-order valence-corrected chi connectivity index (χ3v) is 3.85. The summed E-state index contributed by atoms with van der Waals surface area (Å²) in [6, 6.07) is 15.7. The van der Waals surface area contributed by atoms with Crippen molar-refractivity contribution in [3.8, 4) is 5.75 Å². The summed E-state index contributed by atoms with van der Waals surface area (Å²) in [5.74, 6) is 0.571. The normalized spacial score (nSPS) is 11.8. The van der Waals surface area contributed by atoms with Crippen molar-refractivity contribution in [2.45, 2.75) is 32.7 Å². The maximum absolute atomic E-state index is 12.0. The van der Waals surface area contributed by atoms with Crippen molar-refractivity contribution in [3.63, 3.8) is 0 Å². The second kappa shape index (κ2) is 8.59. The molecule has 0 heterocycles. The van der Waals surface area contributed by atoms with Gasteiger partial charge >= 0.3 is 0 Å². The molecule has 0 unspecified atom stereocenters. The van der Waals surface area contributed by atoms with Crippen molar-refractivity contribution in [3.05, 3.63) is 64.7 Å². The summed E-state index contributed by atoms with van der Waals surface area (Å²) in [5.41, 5.74) is 2.20. The summed E-state index contributed by atoms with van der Waals surface area (Å²) in [4.78, 5) is 12.0.